The van der Waals surface area contributed by atoms with Gasteiger partial charge in [-0.15, -0.1) is 0 Å². The van der Waals surface area contributed by atoms with Gasteiger partial charge in [-0.2, -0.15) is 0 Å². The molecule has 4 rings (SSSR count). The van der Waals surface area contributed by atoms with Crippen LogP contribution in [0.4, 0.5) is 10.5 Å². The quantitative estimate of drug-likeness (QED) is 0.819. The lowest BCUT2D eigenvalue weighted by molar-refractivity contribution is -0.138. The van der Waals surface area contributed by atoms with Gasteiger partial charge in [0.15, 0.2) is 0 Å². The SMILES string of the molecule is O=C(Nc1ccccc1)N1CCC(C(=O)N2CCC(Cc3ccccc3)CC2)CC1. The molecule has 5 heteroatoms. The molecule has 30 heavy (non-hydrogen) atoms. The van der Waals surface area contributed by atoms with Crippen LogP contribution in [0.1, 0.15) is 31.2 Å². The van der Waals surface area contributed by atoms with Crippen LogP contribution in [0.5, 0.6) is 0 Å². The molecule has 0 unspecified atom stereocenters. The summed E-state index contributed by atoms with van der Waals surface area (Å²) in [6, 6.07) is 20.1. The standard InChI is InChI=1S/C25H31N3O2/c29-24(27-15-11-21(12-16-27)19-20-7-3-1-4-8-20)22-13-17-28(18-14-22)25(30)26-23-9-5-2-6-10-23/h1-10,21-22H,11-19H2,(H,26,30). The Balaban J connectivity index is 1.20. The second-order valence-electron chi connectivity index (χ2n) is 8.52. The summed E-state index contributed by atoms with van der Waals surface area (Å²) in [6.07, 6.45) is 4.78. The van der Waals surface area contributed by atoms with Crippen LogP contribution in [0.15, 0.2) is 60.7 Å². The van der Waals surface area contributed by atoms with E-state index in [4.69, 9.17) is 0 Å². The number of hydrogen-bond acceptors (Lipinski definition) is 2. The molecule has 2 heterocycles. The average molecular weight is 406 g/mol. The number of nitrogens with one attached hydrogen (secondary N) is 1. The third-order valence-corrected chi connectivity index (χ3v) is 6.45. The van der Waals surface area contributed by atoms with E-state index in [0.29, 0.717) is 19.0 Å². The van der Waals surface area contributed by atoms with Gasteiger partial charge < -0.3 is 15.1 Å². The minimum atomic E-state index is -0.0752. The van der Waals surface area contributed by atoms with E-state index in [1.54, 1.807) is 0 Å². The lowest BCUT2D eigenvalue weighted by Crippen LogP contribution is -2.47. The molecule has 0 aliphatic carbocycles. The minimum Gasteiger partial charge on any atom is -0.342 e. The first-order valence-electron chi connectivity index (χ1n) is 11.1. The lowest BCUT2D eigenvalue weighted by Gasteiger charge is -2.37. The van der Waals surface area contributed by atoms with Gasteiger partial charge in [0.25, 0.3) is 0 Å². The Hall–Kier alpha value is -2.82. The third kappa shape index (κ3) is 5.21. The van der Waals surface area contributed by atoms with Gasteiger partial charge in [-0.1, -0.05) is 48.5 Å². The fourth-order valence-electron chi connectivity index (χ4n) is 4.62. The summed E-state index contributed by atoms with van der Waals surface area (Å²) in [4.78, 5) is 29.3. The Labute approximate surface area is 179 Å². The van der Waals surface area contributed by atoms with Crippen LogP contribution in [0, 0.1) is 11.8 Å². The van der Waals surface area contributed by atoms with Gasteiger partial charge in [0, 0.05) is 37.8 Å². The van der Waals surface area contributed by atoms with Crippen molar-refractivity contribution in [2.24, 2.45) is 11.8 Å². The molecule has 0 spiro atoms. The van der Waals surface area contributed by atoms with Crippen molar-refractivity contribution < 1.29 is 9.59 Å². The lowest BCUT2D eigenvalue weighted by atomic mass is 9.88. The van der Waals surface area contributed by atoms with E-state index in [-0.39, 0.29) is 17.9 Å². The van der Waals surface area contributed by atoms with Crippen LogP contribution in [-0.4, -0.2) is 47.9 Å². The van der Waals surface area contributed by atoms with Crippen molar-refractivity contribution in [1.82, 2.24) is 9.80 Å². The molecule has 0 bridgehead atoms. The zero-order valence-corrected chi connectivity index (χ0v) is 17.5. The van der Waals surface area contributed by atoms with Crippen molar-refractivity contribution in [3.63, 3.8) is 0 Å². The molecule has 158 valence electrons. The summed E-state index contributed by atoms with van der Waals surface area (Å²) in [7, 11) is 0. The zero-order valence-electron chi connectivity index (χ0n) is 17.5. The number of para-hydroxylation sites is 1. The van der Waals surface area contributed by atoms with Gasteiger partial charge >= 0.3 is 6.03 Å². The maximum Gasteiger partial charge on any atom is 0.321 e. The first-order valence-corrected chi connectivity index (χ1v) is 11.1. The molecule has 0 aromatic heterocycles. The van der Waals surface area contributed by atoms with E-state index in [1.807, 2.05) is 35.2 Å². The normalized spacial score (nSPS) is 18.3. The molecule has 2 aromatic carbocycles. The topological polar surface area (TPSA) is 52.7 Å². The van der Waals surface area contributed by atoms with Crippen molar-refractivity contribution in [3.05, 3.63) is 66.2 Å². The predicted octanol–water partition coefficient (Wildman–Crippen LogP) is 4.41. The first kappa shape index (κ1) is 20.5. The van der Waals surface area contributed by atoms with E-state index >= 15 is 0 Å². The maximum atomic E-state index is 13.0. The number of nitrogens with zero attached hydrogens (tertiary/aromatic N) is 2. The van der Waals surface area contributed by atoms with E-state index < -0.39 is 0 Å². The second kappa shape index (κ2) is 9.79. The van der Waals surface area contributed by atoms with E-state index in [9.17, 15) is 9.59 Å². The molecule has 3 amide bonds. The van der Waals surface area contributed by atoms with Crippen LogP contribution in [-0.2, 0) is 11.2 Å². The zero-order chi connectivity index (χ0) is 20.8. The number of anilines is 1. The van der Waals surface area contributed by atoms with Crippen molar-refractivity contribution >= 4 is 17.6 Å². The first-order chi connectivity index (χ1) is 14.7. The Morgan fingerprint density at radius 3 is 1.97 bits per heavy atom. The number of carbonyl (C=O) groups is 2. The van der Waals surface area contributed by atoms with Gasteiger partial charge in [0.1, 0.15) is 0 Å². The molecular formula is C25H31N3O2. The van der Waals surface area contributed by atoms with E-state index in [2.05, 4.69) is 40.5 Å². The van der Waals surface area contributed by atoms with Crippen molar-refractivity contribution in [1.29, 1.82) is 0 Å². The number of likely N-dealkylation sites (tertiary alicyclic amines) is 2. The molecule has 2 saturated heterocycles. The van der Waals surface area contributed by atoms with Crippen LogP contribution < -0.4 is 5.32 Å². The van der Waals surface area contributed by atoms with Crippen LogP contribution in [0.25, 0.3) is 0 Å². The van der Waals surface area contributed by atoms with Gasteiger partial charge in [-0.3, -0.25) is 4.79 Å². The Kier molecular flexibility index (Phi) is 6.67. The summed E-state index contributed by atoms with van der Waals surface area (Å²) in [5.74, 6) is 1.01. The number of urea groups is 1. The average Bonchev–Trinajstić information content (AvgIpc) is 2.80. The maximum absolute atomic E-state index is 13.0. The summed E-state index contributed by atoms with van der Waals surface area (Å²) in [5, 5.41) is 2.94. The molecule has 0 saturated carbocycles. The molecule has 2 aliphatic heterocycles. The fraction of sp³-hybridized carbons (Fsp3) is 0.440. The molecule has 0 atom stereocenters. The summed E-state index contributed by atoms with van der Waals surface area (Å²) < 4.78 is 0. The molecule has 2 aromatic rings. The van der Waals surface area contributed by atoms with Crippen molar-refractivity contribution in [2.45, 2.75) is 32.1 Å². The Morgan fingerprint density at radius 2 is 1.33 bits per heavy atom. The van der Waals surface area contributed by atoms with Gasteiger partial charge in [0.05, 0.1) is 0 Å². The molecule has 1 N–H and O–H groups in total. The summed E-state index contributed by atoms with van der Waals surface area (Å²) in [5.41, 5.74) is 2.20. The van der Waals surface area contributed by atoms with E-state index in [1.165, 1.54) is 5.56 Å². The fourth-order valence-corrected chi connectivity index (χ4v) is 4.62. The van der Waals surface area contributed by atoms with E-state index in [0.717, 1.165) is 50.9 Å². The second-order valence-corrected chi connectivity index (χ2v) is 8.52. The highest BCUT2D eigenvalue weighted by Gasteiger charge is 2.32. The summed E-state index contributed by atoms with van der Waals surface area (Å²) >= 11 is 0. The molecule has 2 aliphatic rings. The monoisotopic (exact) mass is 405 g/mol. The third-order valence-electron chi connectivity index (χ3n) is 6.45. The van der Waals surface area contributed by atoms with Gasteiger partial charge in [0.2, 0.25) is 5.91 Å². The number of rotatable bonds is 4. The number of carbonyl (C=O) groups excluding carboxylic acids is 2. The highest BCUT2D eigenvalue weighted by molar-refractivity contribution is 5.89. The highest BCUT2D eigenvalue weighted by Crippen LogP contribution is 2.26. The van der Waals surface area contributed by atoms with Crippen molar-refractivity contribution in [2.75, 3.05) is 31.5 Å². The molecular weight excluding hydrogens is 374 g/mol. The van der Waals surface area contributed by atoms with Gasteiger partial charge in [-0.25, -0.2) is 4.79 Å². The highest BCUT2D eigenvalue weighted by atomic mass is 16.2. The molecule has 0 radical (unpaired) electrons. The Bertz CT molecular complexity index is 824. The van der Waals surface area contributed by atoms with Gasteiger partial charge in [-0.05, 0) is 55.7 Å². The number of amides is 3. The minimum absolute atomic E-state index is 0.0523. The van der Waals surface area contributed by atoms with Crippen LogP contribution in [0.3, 0.4) is 0 Å². The number of piperidine rings is 2. The predicted molar refractivity (Wildman–Crippen MR) is 119 cm³/mol. The van der Waals surface area contributed by atoms with Crippen LogP contribution >= 0.6 is 0 Å². The molecule has 2 fully saturated rings. The number of benzene rings is 2. The largest absolute Gasteiger partial charge is 0.342 e. The van der Waals surface area contributed by atoms with Crippen molar-refractivity contribution in [3.8, 4) is 0 Å². The smallest absolute Gasteiger partial charge is 0.321 e. The summed E-state index contributed by atoms with van der Waals surface area (Å²) in [6.45, 7) is 3.01. The number of hydrogen-bond donors (Lipinski definition) is 1. The van der Waals surface area contributed by atoms with Crippen LogP contribution in [0.2, 0.25) is 0 Å². The Morgan fingerprint density at radius 1 is 0.767 bits per heavy atom. The molecule has 5 nitrogen and oxygen atoms in total.